The van der Waals surface area contributed by atoms with E-state index in [0.29, 0.717) is 24.7 Å². The van der Waals surface area contributed by atoms with E-state index in [2.05, 4.69) is 56.0 Å². The highest BCUT2D eigenvalue weighted by Gasteiger charge is 2.34. The molecule has 186 valence electrons. The van der Waals surface area contributed by atoms with Crippen LogP contribution in [0.3, 0.4) is 0 Å². The molecular weight excluding hydrogens is 454 g/mol. The van der Waals surface area contributed by atoms with Crippen molar-refractivity contribution in [3.05, 3.63) is 35.4 Å². The highest BCUT2D eigenvalue weighted by molar-refractivity contribution is 7.99. The van der Waals surface area contributed by atoms with Gasteiger partial charge in [0.05, 0.1) is 23.8 Å². The molecule has 1 aliphatic rings. The van der Waals surface area contributed by atoms with Crippen LogP contribution < -0.4 is 14.4 Å². The molecule has 0 aromatic heterocycles. The summed E-state index contributed by atoms with van der Waals surface area (Å²) in [4.78, 5) is 4.30. The van der Waals surface area contributed by atoms with Gasteiger partial charge in [0.25, 0.3) is 0 Å². The van der Waals surface area contributed by atoms with Crippen molar-refractivity contribution in [3.8, 4) is 23.6 Å². The Morgan fingerprint density at radius 1 is 0.771 bits per heavy atom. The first-order valence-corrected chi connectivity index (χ1v) is 13.9. The minimum atomic E-state index is 0.286. The number of ether oxygens (including phenoxy) is 2. The summed E-state index contributed by atoms with van der Waals surface area (Å²) >= 11 is 1.62. The first-order chi connectivity index (χ1) is 17.2. The maximum atomic E-state index is 10.2. The van der Waals surface area contributed by atoms with Crippen molar-refractivity contribution in [1.82, 2.24) is 0 Å². The smallest absolute Gasteiger partial charge is 0.163 e. The maximum absolute atomic E-state index is 10.2. The summed E-state index contributed by atoms with van der Waals surface area (Å²) in [6.07, 6.45) is 9.40. The molecule has 0 radical (unpaired) electrons. The lowest BCUT2D eigenvalue weighted by Gasteiger charge is -2.35. The average molecular weight is 492 g/mol. The fourth-order valence-corrected chi connectivity index (χ4v) is 5.51. The molecule has 0 N–H and O–H groups in total. The topological polar surface area (TPSA) is 69.3 Å². The minimum Gasteiger partial charge on any atom is -0.491 e. The van der Waals surface area contributed by atoms with E-state index in [-0.39, 0.29) is 11.1 Å². The Balaban J connectivity index is 2.19. The van der Waals surface area contributed by atoms with Crippen molar-refractivity contribution in [3.63, 3.8) is 0 Å². The molecule has 0 saturated heterocycles. The van der Waals surface area contributed by atoms with Crippen molar-refractivity contribution < 1.29 is 9.47 Å². The summed E-state index contributed by atoms with van der Waals surface area (Å²) in [6.45, 7) is 8.37. The largest absolute Gasteiger partial charge is 0.491 e. The molecule has 5 nitrogen and oxygen atoms in total. The SMILES string of the molecule is CCCCCOc1c(C#N)c(C#N)c(OCCCCC)c2c1Sc1ccccc1N2CCCCC. The van der Waals surface area contributed by atoms with Crippen molar-refractivity contribution in [2.24, 2.45) is 0 Å². The summed E-state index contributed by atoms with van der Waals surface area (Å²) in [5.74, 6) is 1.05. The Morgan fingerprint density at radius 2 is 1.34 bits per heavy atom. The molecule has 0 atom stereocenters. The van der Waals surface area contributed by atoms with Gasteiger partial charge >= 0.3 is 0 Å². The molecule has 3 rings (SSSR count). The Hall–Kier alpha value is -2.83. The monoisotopic (exact) mass is 491 g/mol. The van der Waals surface area contributed by atoms with Crippen molar-refractivity contribution in [2.45, 2.75) is 88.3 Å². The molecule has 0 bridgehead atoms. The molecular formula is C29H37N3O2S. The predicted molar refractivity (Wildman–Crippen MR) is 143 cm³/mol. The average Bonchev–Trinajstić information content (AvgIpc) is 2.88. The number of hydrogen-bond donors (Lipinski definition) is 0. The van der Waals surface area contributed by atoms with E-state index in [1.54, 1.807) is 11.8 Å². The van der Waals surface area contributed by atoms with E-state index in [9.17, 15) is 10.5 Å². The Morgan fingerprint density at radius 3 is 1.97 bits per heavy atom. The number of nitrogens with zero attached hydrogens (tertiary/aromatic N) is 3. The molecule has 1 heterocycles. The summed E-state index contributed by atoms with van der Waals surface area (Å²) < 4.78 is 12.6. The lowest BCUT2D eigenvalue weighted by Crippen LogP contribution is -2.24. The second-order valence-electron chi connectivity index (χ2n) is 8.85. The zero-order valence-electron chi connectivity index (χ0n) is 21.4. The van der Waals surface area contributed by atoms with Crippen LogP contribution in [0.15, 0.2) is 34.1 Å². The van der Waals surface area contributed by atoms with E-state index in [0.717, 1.165) is 85.5 Å². The van der Waals surface area contributed by atoms with Crippen molar-refractivity contribution in [2.75, 3.05) is 24.7 Å². The van der Waals surface area contributed by atoms with Crippen LogP contribution in [0.5, 0.6) is 11.5 Å². The molecule has 0 unspecified atom stereocenters. The van der Waals surface area contributed by atoms with Gasteiger partial charge in [0, 0.05) is 11.4 Å². The molecule has 0 saturated carbocycles. The molecule has 0 amide bonds. The molecule has 2 aromatic carbocycles. The van der Waals surface area contributed by atoms with Crippen LogP contribution >= 0.6 is 11.8 Å². The number of unbranched alkanes of at least 4 members (excludes halogenated alkanes) is 6. The second-order valence-corrected chi connectivity index (χ2v) is 9.90. The molecule has 0 fully saturated rings. The van der Waals surface area contributed by atoms with Crippen LogP contribution in [-0.2, 0) is 0 Å². The zero-order valence-corrected chi connectivity index (χ0v) is 22.2. The van der Waals surface area contributed by atoms with Crippen LogP contribution in [0.25, 0.3) is 0 Å². The van der Waals surface area contributed by atoms with Gasteiger partial charge in [0.1, 0.15) is 29.0 Å². The number of anilines is 2. The number of fused-ring (bicyclic) bond motifs is 2. The third-order valence-electron chi connectivity index (χ3n) is 6.18. The molecule has 0 aliphatic carbocycles. The van der Waals surface area contributed by atoms with Crippen LogP contribution in [0.2, 0.25) is 0 Å². The van der Waals surface area contributed by atoms with E-state index >= 15 is 0 Å². The highest BCUT2D eigenvalue weighted by atomic mass is 32.2. The number of para-hydroxylation sites is 1. The molecule has 35 heavy (non-hydrogen) atoms. The number of hydrogen-bond acceptors (Lipinski definition) is 6. The number of rotatable bonds is 14. The van der Waals surface area contributed by atoms with Gasteiger partial charge in [0.15, 0.2) is 11.5 Å². The summed E-state index contributed by atoms with van der Waals surface area (Å²) in [6, 6.07) is 12.9. The van der Waals surface area contributed by atoms with E-state index in [1.165, 1.54) is 0 Å². The lowest BCUT2D eigenvalue weighted by atomic mass is 10.0. The standard InChI is InChI=1S/C29H37N3O2S/c1-4-7-12-17-32-24-15-10-11-16-25(24)35-29-26(32)27(33-18-13-8-5-2)22(20-30)23(21-31)28(29)34-19-14-9-6-3/h10-11,15-16H,4-9,12-14,17-19H2,1-3H3. The van der Waals surface area contributed by atoms with Gasteiger partial charge in [-0.1, -0.05) is 83.2 Å². The van der Waals surface area contributed by atoms with Crippen LogP contribution in [0.1, 0.15) is 89.7 Å². The summed E-state index contributed by atoms with van der Waals surface area (Å²) in [7, 11) is 0. The van der Waals surface area contributed by atoms with Gasteiger partial charge in [-0.05, 0) is 31.4 Å². The third-order valence-corrected chi connectivity index (χ3v) is 7.32. The second kappa shape index (κ2) is 13.9. The molecule has 1 aliphatic heterocycles. The van der Waals surface area contributed by atoms with Crippen molar-refractivity contribution in [1.29, 1.82) is 10.5 Å². The first kappa shape index (κ1) is 26.8. The Kier molecular flexibility index (Phi) is 10.6. The van der Waals surface area contributed by atoms with Crippen LogP contribution in [-0.4, -0.2) is 19.8 Å². The van der Waals surface area contributed by atoms with E-state index < -0.39 is 0 Å². The minimum absolute atomic E-state index is 0.286. The molecule has 0 spiro atoms. The number of benzene rings is 2. The molecule has 6 heteroatoms. The van der Waals surface area contributed by atoms with E-state index in [4.69, 9.17) is 9.47 Å². The zero-order chi connectivity index (χ0) is 25.0. The Bertz CT molecular complexity index is 1070. The number of nitriles is 2. The van der Waals surface area contributed by atoms with E-state index in [1.807, 2.05) is 6.07 Å². The van der Waals surface area contributed by atoms with Gasteiger partial charge < -0.3 is 14.4 Å². The van der Waals surface area contributed by atoms with Crippen LogP contribution in [0, 0.1) is 22.7 Å². The lowest BCUT2D eigenvalue weighted by molar-refractivity contribution is 0.291. The predicted octanol–water partition coefficient (Wildman–Crippen LogP) is 8.36. The summed E-state index contributed by atoms with van der Waals surface area (Å²) in [5.41, 5.74) is 2.56. The fourth-order valence-electron chi connectivity index (χ4n) is 4.30. The van der Waals surface area contributed by atoms with Crippen molar-refractivity contribution >= 4 is 23.1 Å². The normalized spacial score (nSPS) is 11.9. The fraction of sp³-hybridized carbons (Fsp3) is 0.517. The summed E-state index contributed by atoms with van der Waals surface area (Å²) in [5, 5.41) is 20.3. The molecule has 2 aromatic rings. The first-order valence-electron chi connectivity index (χ1n) is 13.1. The highest BCUT2D eigenvalue weighted by Crippen LogP contribution is 2.57. The van der Waals surface area contributed by atoms with Gasteiger partial charge in [-0.3, -0.25) is 0 Å². The van der Waals surface area contributed by atoms with Gasteiger partial charge in [-0.25, -0.2) is 0 Å². The van der Waals surface area contributed by atoms with Gasteiger partial charge in [-0.15, -0.1) is 0 Å². The van der Waals surface area contributed by atoms with Gasteiger partial charge in [0.2, 0.25) is 0 Å². The maximum Gasteiger partial charge on any atom is 0.163 e. The van der Waals surface area contributed by atoms with Crippen LogP contribution in [0.4, 0.5) is 11.4 Å². The third kappa shape index (κ3) is 6.24. The Labute approximate surface area is 215 Å². The quantitative estimate of drug-likeness (QED) is 0.247. The van der Waals surface area contributed by atoms with Gasteiger partial charge in [-0.2, -0.15) is 10.5 Å².